The van der Waals surface area contributed by atoms with Gasteiger partial charge < -0.3 is 10.2 Å². The maximum absolute atomic E-state index is 14.3. The van der Waals surface area contributed by atoms with Crippen LogP contribution in [0, 0.1) is 11.7 Å². The average molecular weight is 346 g/mol. The highest BCUT2D eigenvalue weighted by molar-refractivity contribution is 7.09. The van der Waals surface area contributed by atoms with Crippen LogP contribution in [-0.2, 0) is 16.1 Å². The third kappa shape index (κ3) is 3.33. The Morgan fingerprint density at radius 1 is 1.33 bits per heavy atom. The number of amides is 2. The number of piperidine rings is 1. The number of carbonyl (C=O) groups is 2. The van der Waals surface area contributed by atoms with Gasteiger partial charge in [-0.25, -0.2) is 4.39 Å². The fraction of sp³-hybridized carbons (Fsp3) is 0.333. The molecule has 0 radical (unpaired) electrons. The molecule has 126 valence electrons. The predicted octanol–water partition coefficient (Wildman–Crippen LogP) is 3.11. The lowest BCUT2D eigenvalue weighted by Crippen LogP contribution is -2.46. The quantitative estimate of drug-likeness (QED) is 0.925. The minimum absolute atomic E-state index is 0.0643. The molecule has 1 N–H and O–H groups in total. The largest absolute Gasteiger partial charge is 0.351 e. The zero-order valence-corrected chi connectivity index (χ0v) is 14.2. The van der Waals surface area contributed by atoms with E-state index in [-0.39, 0.29) is 17.6 Å². The minimum Gasteiger partial charge on any atom is -0.351 e. The number of likely N-dealkylation sites (tertiary alicyclic amines) is 1. The SMILES string of the molecule is CN1C(=O)CC[C@H](C(=O)NCc2cccs2)[C@H]1c1ccccc1F. The molecule has 6 heteroatoms. The Morgan fingerprint density at radius 3 is 2.83 bits per heavy atom. The molecule has 0 saturated carbocycles. The molecule has 1 aromatic heterocycles. The lowest BCUT2D eigenvalue weighted by atomic mass is 9.83. The van der Waals surface area contributed by atoms with E-state index >= 15 is 0 Å². The van der Waals surface area contributed by atoms with Crippen molar-refractivity contribution in [1.82, 2.24) is 10.2 Å². The number of benzene rings is 1. The van der Waals surface area contributed by atoms with Crippen LogP contribution in [0.1, 0.15) is 29.3 Å². The van der Waals surface area contributed by atoms with Crippen molar-refractivity contribution in [3.05, 3.63) is 58.0 Å². The first kappa shape index (κ1) is 16.6. The van der Waals surface area contributed by atoms with E-state index in [2.05, 4.69) is 5.32 Å². The normalized spacial score (nSPS) is 20.9. The molecule has 1 aromatic carbocycles. The minimum atomic E-state index is -0.573. The first-order valence-corrected chi connectivity index (χ1v) is 8.76. The van der Waals surface area contributed by atoms with Crippen molar-refractivity contribution in [3.8, 4) is 0 Å². The van der Waals surface area contributed by atoms with Gasteiger partial charge in [-0.2, -0.15) is 0 Å². The number of nitrogens with one attached hydrogen (secondary N) is 1. The highest BCUT2D eigenvalue weighted by Gasteiger charge is 2.39. The molecule has 2 atom stereocenters. The molecule has 0 spiro atoms. The Kier molecular flexibility index (Phi) is 4.94. The summed E-state index contributed by atoms with van der Waals surface area (Å²) < 4.78 is 14.3. The molecule has 0 unspecified atom stereocenters. The summed E-state index contributed by atoms with van der Waals surface area (Å²) in [7, 11) is 1.64. The van der Waals surface area contributed by atoms with Crippen LogP contribution < -0.4 is 5.32 Å². The van der Waals surface area contributed by atoms with Gasteiger partial charge in [0.25, 0.3) is 0 Å². The van der Waals surface area contributed by atoms with Crippen LogP contribution in [0.2, 0.25) is 0 Å². The van der Waals surface area contributed by atoms with E-state index in [4.69, 9.17) is 0 Å². The summed E-state index contributed by atoms with van der Waals surface area (Å²) >= 11 is 1.57. The number of hydrogen-bond donors (Lipinski definition) is 1. The van der Waals surface area contributed by atoms with Crippen LogP contribution >= 0.6 is 11.3 Å². The van der Waals surface area contributed by atoms with E-state index in [0.717, 1.165) is 4.88 Å². The van der Waals surface area contributed by atoms with E-state index in [1.165, 1.54) is 11.0 Å². The first-order chi connectivity index (χ1) is 11.6. The smallest absolute Gasteiger partial charge is 0.225 e. The standard InChI is InChI=1S/C18H19FN2O2S/c1-21-16(22)9-8-14(17(21)13-6-2-3-7-15(13)19)18(23)20-11-12-5-4-10-24-12/h2-7,10,14,17H,8-9,11H2,1H3,(H,20,23)/t14-,17+/m0/s1. The van der Waals surface area contributed by atoms with Crippen molar-refractivity contribution in [2.75, 3.05) is 7.05 Å². The van der Waals surface area contributed by atoms with E-state index in [9.17, 15) is 14.0 Å². The van der Waals surface area contributed by atoms with Crippen LogP contribution in [0.4, 0.5) is 4.39 Å². The first-order valence-electron chi connectivity index (χ1n) is 7.88. The lowest BCUT2D eigenvalue weighted by Gasteiger charge is -2.38. The Bertz CT molecular complexity index is 732. The maximum Gasteiger partial charge on any atom is 0.225 e. The number of nitrogens with zero attached hydrogens (tertiary/aromatic N) is 1. The summed E-state index contributed by atoms with van der Waals surface area (Å²) in [6, 6.07) is 9.66. The zero-order valence-electron chi connectivity index (χ0n) is 13.4. The van der Waals surface area contributed by atoms with Crippen molar-refractivity contribution < 1.29 is 14.0 Å². The maximum atomic E-state index is 14.3. The zero-order chi connectivity index (χ0) is 17.1. The van der Waals surface area contributed by atoms with Crippen molar-refractivity contribution >= 4 is 23.2 Å². The average Bonchev–Trinajstić information content (AvgIpc) is 3.09. The molecular formula is C18H19FN2O2S. The molecule has 3 rings (SSSR count). The Labute approximate surface area is 144 Å². The van der Waals surface area contributed by atoms with Crippen molar-refractivity contribution in [2.45, 2.75) is 25.4 Å². The lowest BCUT2D eigenvalue weighted by molar-refractivity contribution is -0.141. The van der Waals surface area contributed by atoms with Crippen molar-refractivity contribution in [2.24, 2.45) is 5.92 Å². The van der Waals surface area contributed by atoms with E-state index in [1.807, 2.05) is 17.5 Å². The van der Waals surface area contributed by atoms with Gasteiger partial charge >= 0.3 is 0 Å². The van der Waals surface area contributed by atoms with Gasteiger partial charge in [0.2, 0.25) is 11.8 Å². The molecule has 24 heavy (non-hydrogen) atoms. The summed E-state index contributed by atoms with van der Waals surface area (Å²) in [5.74, 6) is -1.05. The van der Waals surface area contributed by atoms with E-state index in [1.54, 1.807) is 36.6 Å². The van der Waals surface area contributed by atoms with Gasteiger partial charge in [0.1, 0.15) is 5.82 Å². The second-order valence-corrected chi connectivity index (χ2v) is 6.95. The third-order valence-electron chi connectivity index (χ3n) is 4.44. The highest BCUT2D eigenvalue weighted by atomic mass is 32.1. The van der Waals surface area contributed by atoms with Gasteiger partial charge in [-0.1, -0.05) is 24.3 Å². The van der Waals surface area contributed by atoms with Crippen LogP contribution in [-0.4, -0.2) is 23.8 Å². The highest BCUT2D eigenvalue weighted by Crippen LogP contribution is 2.37. The molecule has 0 bridgehead atoms. The van der Waals surface area contributed by atoms with Gasteiger partial charge in [0, 0.05) is 23.9 Å². The summed E-state index contributed by atoms with van der Waals surface area (Å²) in [6.07, 6.45) is 0.733. The molecular weight excluding hydrogens is 327 g/mol. The van der Waals surface area contributed by atoms with E-state index < -0.39 is 12.0 Å². The molecule has 2 aromatic rings. The van der Waals surface area contributed by atoms with Crippen molar-refractivity contribution in [1.29, 1.82) is 0 Å². The number of hydrogen-bond acceptors (Lipinski definition) is 3. The second kappa shape index (κ2) is 7.13. The summed E-state index contributed by atoms with van der Waals surface area (Å²) in [6.45, 7) is 0.453. The third-order valence-corrected chi connectivity index (χ3v) is 5.31. The van der Waals surface area contributed by atoms with Gasteiger partial charge in [-0.15, -0.1) is 11.3 Å². The molecule has 1 fully saturated rings. The Morgan fingerprint density at radius 2 is 2.12 bits per heavy atom. The van der Waals surface area contributed by atoms with Crippen LogP contribution in [0.5, 0.6) is 0 Å². The van der Waals surface area contributed by atoms with Gasteiger partial charge in [0.05, 0.1) is 18.5 Å². The molecule has 1 aliphatic heterocycles. The van der Waals surface area contributed by atoms with Gasteiger partial charge in [0.15, 0.2) is 0 Å². The number of halogens is 1. The second-order valence-electron chi connectivity index (χ2n) is 5.91. The van der Waals surface area contributed by atoms with Crippen LogP contribution in [0.3, 0.4) is 0 Å². The molecule has 1 aliphatic rings. The number of carbonyl (C=O) groups excluding carboxylic acids is 2. The summed E-state index contributed by atoms with van der Waals surface area (Å²) in [4.78, 5) is 27.3. The number of thiophene rings is 1. The van der Waals surface area contributed by atoms with Gasteiger partial charge in [-0.05, 0) is 23.9 Å². The molecule has 0 aliphatic carbocycles. The summed E-state index contributed by atoms with van der Waals surface area (Å²) in [5, 5.41) is 4.88. The number of rotatable bonds is 4. The predicted molar refractivity (Wildman–Crippen MR) is 90.8 cm³/mol. The van der Waals surface area contributed by atoms with Crippen LogP contribution in [0.25, 0.3) is 0 Å². The molecule has 4 nitrogen and oxygen atoms in total. The molecule has 2 heterocycles. The Balaban J connectivity index is 1.82. The molecule has 1 saturated heterocycles. The molecule has 2 amide bonds. The van der Waals surface area contributed by atoms with Crippen LogP contribution in [0.15, 0.2) is 41.8 Å². The monoisotopic (exact) mass is 346 g/mol. The van der Waals surface area contributed by atoms with Gasteiger partial charge in [-0.3, -0.25) is 9.59 Å². The van der Waals surface area contributed by atoms with Crippen molar-refractivity contribution in [3.63, 3.8) is 0 Å². The fourth-order valence-electron chi connectivity index (χ4n) is 3.17. The summed E-state index contributed by atoms with van der Waals surface area (Å²) in [5.41, 5.74) is 0.393. The van der Waals surface area contributed by atoms with E-state index in [0.29, 0.717) is 24.9 Å². The topological polar surface area (TPSA) is 49.4 Å². The Hall–Kier alpha value is -2.21. The fourth-order valence-corrected chi connectivity index (χ4v) is 3.82.